The second-order valence-electron chi connectivity index (χ2n) is 6.29. The van der Waals surface area contributed by atoms with Gasteiger partial charge in [0.05, 0.1) is 0 Å². The number of carbonyl (C=O) groups excluding carboxylic acids is 2. The Morgan fingerprint density at radius 2 is 2.19 bits per heavy atom. The van der Waals surface area contributed by atoms with E-state index in [1.165, 1.54) is 0 Å². The standard InChI is InChI=1S/C15H20BrNO3S/c1-15(2,3)20-14(19)17-5-4-10(8-17)13(18)7-12-6-11(16)9-21-12/h6,9-10H,4-5,7-8H2,1-3H3. The molecule has 116 valence electrons. The Morgan fingerprint density at radius 1 is 1.48 bits per heavy atom. The molecule has 0 saturated carbocycles. The van der Waals surface area contributed by atoms with Crippen molar-refractivity contribution in [2.75, 3.05) is 13.1 Å². The summed E-state index contributed by atoms with van der Waals surface area (Å²) in [5.74, 6) is 0.133. The van der Waals surface area contributed by atoms with E-state index in [0.29, 0.717) is 19.5 Å². The fourth-order valence-corrected chi connectivity index (χ4v) is 3.74. The molecular weight excluding hydrogens is 354 g/mol. The Morgan fingerprint density at radius 3 is 2.76 bits per heavy atom. The molecule has 1 unspecified atom stereocenters. The van der Waals surface area contributed by atoms with Gasteiger partial charge in [-0.05, 0) is 49.2 Å². The molecule has 4 nitrogen and oxygen atoms in total. The molecule has 6 heteroatoms. The summed E-state index contributed by atoms with van der Waals surface area (Å²) in [7, 11) is 0. The highest BCUT2D eigenvalue weighted by Gasteiger charge is 2.33. The molecule has 0 N–H and O–H groups in total. The van der Waals surface area contributed by atoms with Crippen molar-refractivity contribution in [2.45, 2.75) is 39.2 Å². The van der Waals surface area contributed by atoms with Crippen molar-refractivity contribution in [3.8, 4) is 0 Å². The molecule has 0 radical (unpaired) electrons. The molecule has 0 bridgehead atoms. The average molecular weight is 374 g/mol. The number of rotatable bonds is 3. The topological polar surface area (TPSA) is 46.6 Å². The van der Waals surface area contributed by atoms with Crippen LogP contribution in [0.25, 0.3) is 0 Å². The zero-order valence-electron chi connectivity index (χ0n) is 12.5. The number of Topliss-reactive ketones (excluding diaryl/α,β-unsaturated/α-hetero) is 1. The second kappa shape index (κ2) is 6.48. The third kappa shape index (κ3) is 4.81. The van der Waals surface area contributed by atoms with Crippen LogP contribution in [0.5, 0.6) is 0 Å². The number of likely N-dealkylation sites (tertiary alicyclic amines) is 1. The summed E-state index contributed by atoms with van der Waals surface area (Å²) in [6, 6.07) is 1.98. The van der Waals surface area contributed by atoms with Crippen molar-refractivity contribution in [1.82, 2.24) is 4.90 Å². The van der Waals surface area contributed by atoms with Gasteiger partial charge in [0, 0.05) is 40.2 Å². The number of hydrogen-bond donors (Lipinski definition) is 0. The number of ketones is 1. The fraction of sp³-hybridized carbons (Fsp3) is 0.600. The molecule has 1 aromatic heterocycles. The van der Waals surface area contributed by atoms with Crippen molar-refractivity contribution in [2.24, 2.45) is 5.92 Å². The normalized spacial score (nSPS) is 18.9. The van der Waals surface area contributed by atoms with Crippen molar-refractivity contribution in [3.05, 3.63) is 20.8 Å². The first kappa shape index (κ1) is 16.5. The maximum atomic E-state index is 12.3. The smallest absolute Gasteiger partial charge is 0.410 e. The van der Waals surface area contributed by atoms with E-state index in [-0.39, 0.29) is 17.8 Å². The number of thiophene rings is 1. The Bertz CT molecular complexity index is 535. The highest BCUT2D eigenvalue weighted by molar-refractivity contribution is 9.10. The maximum absolute atomic E-state index is 12.3. The SMILES string of the molecule is CC(C)(C)OC(=O)N1CCC(C(=O)Cc2cc(Br)cs2)C1. The Balaban J connectivity index is 1.87. The molecule has 0 spiro atoms. The number of carbonyl (C=O) groups is 2. The van der Waals surface area contributed by atoms with Gasteiger partial charge in [0.25, 0.3) is 0 Å². The highest BCUT2D eigenvalue weighted by Crippen LogP contribution is 2.25. The van der Waals surface area contributed by atoms with Crippen molar-refractivity contribution >= 4 is 39.1 Å². The molecule has 21 heavy (non-hydrogen) atoms. The van der Waals surface area contributed by atoms with Gasteiger partial charge in [0.15, 0.2) is 0 Å². The van der Waals surface area contributed by atoms with E-state index in [1.807, 2.05) is 32.2 Å². The molecule has 1 aliphatic heterocycles. The zero-order chi connectivity index (χ0) is 15.6. The van der Waals surface area contributed by atoms with Gasteiger partial charge >= 0.3 is 6.09 Å². The lowest BCUT2D eigenvalue weighted by Gasteiger charge is -2.24. The van der Waals surface area contributed by atoms with Crippen LogP contribution >= 0.6 is 27.3 Å². The van der Waals surface area contributed by atoms with Gasteiger partial charge in [0.1, 0.15) is 11.4 Å². The molecule has 2 heterocycles. The Hall–Kier alpha value is -0.880. The van der Waals surface area contributed by atoms with Crippen LogP contribution in [0.3, 0.4) is 0 Å². The van der Waals surface area contributed by atoms with Gasteiger partial charge in [-0.3, -0.25) is 4.79 Å². The lowest BCUT2D eigenvalue weighted by molar-refractivity contribution is -0.121. The van der Waals surface area contributed by atoms with Gasteiger partial charge in [-0.15, -0.1) is 11.3 Å². The van der Waals surface area contributed by atoms with Crippen molar-refractivity contribution in [1.29, 1.82) is 0 Å². The number of halogens is 1. The summed E-state index contributed by atoms with van der Waals surface area (Å²) in [4.78, 5) is 27.0. The molecule has 0 aromatic carbocycles. The highest BCUT2D eigenvalue weighted by atomic mass is 79.9. The Labute approximate surface area is 137 Å². The molecule has 1 atom stereocenters. The zero-order valence-corrected chi connectivity index (χ0v) is 14.9. The van der Waals surface area contributed by atoms with Crippen LogP contribution in [0.1, 0.15) is 32.1 Å². The number of amides is 1. The van der Waals surface area contributed by atoms with Crippen LogP contribution in [0.15, 0.2) is 15.9 Å². The molecule has 0 aliphatic carbocycles. The third-order valence-corrected chi connectivity index (χ3v) is 4.96. The van der Waals surface area contributed by atoms with Gasteiger partial charge in [-0.1, -0.05) is 0 Å². The summed E-state index contributed by atoms with van der Waals surface area (Å²) in [5.41, 5.74) is -0.498. The van der Waals surface area contributed by atoms with Crippen LogP contribution in [0.2, 0.25) is 0 Å². The molecule has 1 saturated heterocycles. The Kier molecular flexibility index (Phi) is 5.09. The van der Waals surface area contributed by atoms with Gasteiger partial charge in [0.2, 0.25) is 0 Å². The summed E-state index contributed by atoms with van der Waals surface area (Å²) in [6.07, 6.45) is 0.852. The van der Waals surface area contributed by atoms with Gasteiger partial charge < -0.3 is 9.64 Å². The summed E-state index contributed by atoms with van der Waals surface area (Å²) < 4.78 is 6.35. The van der Waals surface area contributed by atoms with Crippen LogP contribution < -0.4 is 0 Å². The molecule has 1 aliphatic rings. The number of hydrogen-bond acceptors (Lipinski definition) is 4. The summed E-state index contributed by atoms with van der Waals surface area (Å²) >= 11 is 4.97. The minimum atomic E-state index is -0.498. The van der Waals surface area contributed by atoms with Gasteiger partial charge in [-0.2, -0.15) is 0 Å². The first-order valence-electron chi connectivity index (χ1n) is 6.98. The summed E-state index contributed by atoms with van der Waals surface area (Å²) in [6.45, 7) is 6.61. The second-order valence-corrected chi connectivity index (χ2v) is 8.20. The molecule has 1 aromatic rings. The van der Waals surface area contributed by atoms with E-state index >= 15 is 0 Å². The lowest BCUT2D eigenvalue weighted by atomic mass is 10.0. The number of ether oxygens (including phenoxy) is 1. The molecule has 1 amide bonds. The number of nitrogens with zero attached hydrogens (tertiary/aromatic N) is 1. The van der Waals surface area contributed by atoms with E-state index in [2.05, 4.69) is 15.9 Å². The van der Waals surface area contributed by atoms with Crippen LogP contribution in [0, 0.1) is 5.92 Å². The van der Waals surface area contributed by atoms with E-state index < -0.39 is 5.60 Å². The monoisotopic (exact) mass is 373 g/mol. The van der Waals surface area contributed by atoms with Crippen LogP contribution in [0.4, 0.5) is 4.79 Å². The van der Waals surface area contributed by atoms with E-state index in [9.17, 15) is 9.59 Å². The van der Waals surface area contributed by atoms with Crippen molar-refractivity contribution < 1.29 is 14.3 Å². The first-order chi connectivity index (χ1) is 9.74. The maximum Gasteiger partial charge on any atom is 0.410 e. The lowest BCUT2D eigenvalue weighted by Crippen LogP contribution is -2.36. The average Bonchev–Trinajstić information content (AvgIpc) is 2.96. The predicted octanol–water partition coefficient (Wildman–Crippen LogP) is 3.88. The van der Waals surface area contributed by atoms with Gasteiger partial charge in [-0.25, -0.2) is 4.79 Å². The predicted molar refractivity (Wildman–Crippen MR) is 86.6 cm³/mol. The minimum absolute atomic E-state index is 0.0709. The van der Waals surface area contributed by atoms with Crippen molar-refractivity contribution in [3.63, 3.8) is 0 Å². The fourth-order valence-electron chi connectivity index (χ4n) is 2.28. The minimum Gasteiger partial charge on any atom is -0.444 e. The van der Waals surface area contributed by atoms with Crippen LogP contribution in [-0.2, 0) is 16.0 Å². The molecule has 1 fully saturated rings. The van der Waals surface area contributed by atoms with E-state index in [4.69, 9.17) is 4.74 Å². The molecular formula is C15H20BrNO3S. The largest absolute Gasteiger partial charge is 0.444 e. The van der Waals surface area contributed by atoms with E-state index in [1.54, 1.807) is 16.2 Å². The summed E-state index contributed by atoms with van der Waals surface area (Å²) in [5, 5.41) is 1.98. The molecule has 2 rings (SSSR count). The van der Waals surface area contributed by atoms with Crippen LogP contribution in [-0.4, -0.2) is 35.5 Å². The quantitative estimate of drug-likeness (QED) is 0.807. The first-order valence-corrected chi connectivity index (χ1v) is 8.65. The van der Waals surface area contributed by atoms with E-state index in [0.717, 1.165) is 15.8 Å². The third-order valence-electron chi connectivity index (χ3n) is 3.27.